The first kappa shape index (κ1) is 10.3. The Labute approximate surface area is 70.4 Å². The predicted molar refractivity (Wildman–Crippen MR) is 51.5 cm³/mol. The van der Waals surface area contributed by atoms with Crippen molar-refractivity contribution in [2.45, 2.75) is 27.7 Å². The van der Waals surface area contributed by atoms with Gasteiger partial charge in [-0.25, -0.2) is 0 Å². The van der Waals surface area contributed by atoms with E-state index in [0.717, 1.165) is 12.2 Å². The van der Waals surface area contributed by atoms with Crippen LogP contribution in [0.2, 0.25) is 0 Å². The Hall–Kier alpha value is -0.720. The molecule has 0 aliphatic heterocycles. The number of nitrogens with zero attached hydrogens (tertiary/aromatic N) is 1. The molecular weight excluding hydrogens is 134 g/mol. The first-order chi connectivity index (χ1) is 4.95. The molecule has 1 heteroatoms. The second-order valence-electron chi connectivity index (χ2n) is 3.37. The highest BCUT2D eigenvalue weighted by Gasteiger charge is 1.98. The normalized spacial score (nSPS) is 9.18. The van der Waals surface area contributed by atoms with Gasteiger partial charge in [-0.15, -0.1) is 0 Å². The molecule has 0 rings (SSSR count). The highest BCUT2D eigenvalue weighted by molar-refractivity contribution is 5.10. The van der Waals surface area contributed by atoms with Crippen molar-refractivity contribution >= 4 is 0 Å². The third kappa shape index (κ3) is 3.87. The Morgan fingerprint density at radius 3 is 1.91 bits per heavy atom. The molecule has 1 nitrogen and oxygen atoms in total. The average molecular weight is 153 g/mol. The van der Waals surface area contributed by atoms with Gasteiger partial charge in [-0.05, 0) is 27.7 Å². The molecule has 0 atom stereocenters. The van der Waals surface area contributed by atoms with Gasteiger partial charge in [0.05, 0.1) is 0 Å². The minimum atomic E-state index is 0.998. The van der Waals surface area contributed by atoms with Gasteiger partial charge in [0.25, 0.3) is 0 Å². The van der Waals surface area contributed by atoms with E-state index in [2.05, 4.69) is 39.3 Å². The fraction of sp³-hybridized carbons (Fsp3) is 0.600. The standard InChI is InChI=1S/C10H19N/c1-8(2)10(5)7-11(6)9(3)4/h3,7H2,1-2,4-6H3. The fourth-order valence-electron chi connectivity index (χ4n) is 0.649. The summed E-state index contributed by atoms with van der Waals surface area (Å²) < 4.78 is 0. The minimum absolute atomic E-state index is 0.998. The van der Waals surface area contributed by atoms with E-state index in [0.29, 0.717) is 0 Å². The van der Waals surface area contributed by atoms with Crippen molar-refractivity contribution in [1.82, 2.24) is 4.90 Å². The van der Waals surface area contributed by atoms with Gasteiger partial charge in [-0.3, -0.25) is 0 Å². The zero-order valence-corrected chi connectivity index (χ0v) is 8.36. The molecular formula is C10H19N. The maximum atomic E-state index is 3.87. The smallest absolute Gasteiger partial charge is 0.0382 e. The summed E-state index contributed by atoms with van der Waals surface area (Å²) in [5.74, 6) is 0. The van der Waals surface area contributed by atoms with Crippen LogP contribution >= 0.6 is 0 Å². The monoisotopic (exact) mass is 153 g/mol. The Morgan fingerprint density at radius 2 is 1.64 bits per heavy atom. The molecule has 0 spiro atoms. The zero-order valence-electron chi connectivity index (χ0n) is 8.36. The minimum Gasteiger partial charge on any atom is -0.375 e. The Bertz CT molecular complexity index is 173. The summed E-state index contributed by atoms with van der Waals surface area (Å²) in [4.78, 5) is 2.16. The molecule has 0 bridgehead atoms. The van der Waals surface area contributed by atoms with E-state index in [1.54, 1.807) is 0 Å². The summed E-state index contributed by atoms with van der Waals surface area (Å²) in [7, 11) is 2.06. The molecule has 0 amide bonds. The summed E-state index contributed by atoms with van der Waals surface area (Å²) in [5.41, 5.74) is 3.94. The zero-order chi connectivity index (χ0) is 9.02. The van der Waals surface area contributed by atoms with Crippen molar-refractivity contribution in [1.29, 1.82) is 0 Å². The quantitative estimate of drug-likeness (QED) is 0.563. The number of rotatable bonds is 3. The Morgan fingerprint density at radius 1 is 1.18 bits per heavy atom. The largest absolute Gasteiger partial charge is 0.375 e. The van der Waals surface area contributed by atoms with Crippen molar-refractivity contribution in [2.75, 3.05) is 13.6 Å². The van der Waals surface area contributed by atoms with E-state index >= 15 is 0 Å². The summed E-state index contributed by atoms with van der Waals surface area (Å²) in [6.45, 7) is 13.3. The van der Waals surface area contributed by atoms with Gasteiger partial charge < -0.3 is 4.90 Å². The van der Waals surface area contributed by atoms with Gasteiger partial charge in [-0.2, -0.15) is 0 Å². The van der Waals surface area contributed by atoms with Crippen LogP contribution in [0.4, 0.5) is 0 Å². The number of allylic oxidation sites excluding steroid dienone is 2. The molecule has 0 saturated carbocycles. The second kappa shape index (κ2) is 4.22. The predicted octanol–water partition coefficient (Wildman–Crippen LogP) is 2.81. The number of hydrogen-bond acceptors (Lipinski definition) is 1. The number of hydrogen-bond donors (Lipinski definition) is 0. The van der Waals surface area contributed by atoms with Gasteiger partial charge in [0.2, 0.25) is 0 Å². The molecule has 0 unspecified atom stereocenters. The van der Waals surface area contributed by atoms with Crippen molar-refractivity contribution in [3.63, 3.8) is 0 Å². The first-order valence-electron chi connectivity index (χ1n) is 3.94. The van der Waals surface area contributed by atoms with Gasteiger partial charge in [0.1, 0.15) is 0 Å². The lowest BCUT2D eigenvalue weighted by Gasteiger charge is -2.19. The van der Waals surface area contributed by atoms with E-state index in [1.165, 1.54) is 11.1 Å². The summed E-state index contributed by atoms with van der Waals surface area (Å²) in [6.07, 6.45) is 0. The first-order valence-corrected chi connectivity index (χ1v) is 3.94. The van der Waals surface area contributed by atoms with Gasteiger partial charge in [-0.1, -0.05) is 17.7 Å². The topological polar surface area (TPSA) is 3.24 Å². The molecule has 0 radical (unpaired) electrons. The molecule has 0 heterocycles. The molecule has 0 aliphatic carbocycles. The fourth-order valence-corrected chi connectivity index (χ4v) is 0.649. The number of likely N-dealkylation sites (N-methyl/N-ethyl adjacent to an activating group) is 1. The lowest BCUT2D eigenvalue weighted by Crippen LogP contribution is -2.17. The summed E-state index contributed by atoms with van der Waals surface area (Å²) in [5, 5.41) is 0. The highest BCUT2D eigenvalue weighted by Crippen LogP contribution is 2.06. The third-order valence-electron chi connectivity index (χ3n) is 1.98. The van der Waals surface area contributed by atoms with Gasteiger partial charge in [0, 0.05) is 19.3 Å². The van der Waals surface area contributed by atoms with Crippen LogP contribution in [0.5, 0.6) is 0 Å². The van der Waals surface area contributed by atoms with E-state index in [4.69, 9.17) is 0 Å². The summed E-state index contributed by atoms with van der Waals surface area (Å²) in [6, 6.07) is 0. The molecule has 11 heavy (non-hydrogen) atoms. The molecule has 0 aromatic carbocycles. The van der Waals surface area contributed by atoms with Crippen LogP contribution in [0.3, 0.4) is 0 Å². The lowest BCUT2D eigenvalue weighted by atomic mass is 10.1. The van der Waals surface area contributed by atoms with E-state index in [9.17, 15) is 0 Å². The highest BCUT2D eigenvalue weighted by atomic mass is 15.1. The van der Waals surface area contributed by atoms with E-state index in [1.807, 2.05) is 6.92 Å². The molecule has 0 fully saturated rings. The molecule has 0 aromatic rings. The lowest BCUT2D eigenvalue weighted by molar-refractivity contribution is 0.455. The average Bonchev–Trinajstić information content (AvgIpc) is 1.87. The Kier molecular flexibility index (Phi) is 3.94. The molecule has 64 valence electrons. The summed E-state index contributed by atoms with van der Waals surface area (Å²) >= 11 is 0. The second-order valence-corrected chi connectivity index (χ2v) is 3.37. The van der Waals surface area contributed by atoms with Crippen LogP contribution in [0.25, 0.3) is 0 Å². The van der Waals surface area contributed by atoms with Crippen LogP contribution in [-0.4, -0.2) is 18.5 Å². The van der Waals surface area contributed by atoms with Crippen molar-refractivity contribution in [3.05, 3.63) is 23.4 Å². The van der Waals surface area contributed by atoms with Crippen molar-refractivity contribution in [2.24, 2.45) is 0 Å². The van der Waals surface area contributed by atoms with Crippen LogP contribution < -0.4 is 0 Å². The van der Waals surface area contributed by atoms with E-state index in [-0.39, 0.29) is 0 Å². The molecule has 0 saturated heterocycles. The van der Waals surface area contributed by atoms with Gasteiger partial charge >= 0.3 is 0 Å². The maximum Gasteiger partial charge on any atom is 0.0382 e. The molecule has 0 N–H and O–H groups in total. The van der Waals surface area contributed by atoms with E-state index < -0.39 is 0 Å². The third-order valence-corrected chi connectivity index (χ3v) is 1.98. The van der Waals surface area contributed by atoms with Crippen LogP contribution in [-0.2, 0) is 0 Å². The van der Waals surface area contributed by atoms with Crippen molar-refractivity contribution < 1.29 is 0 Å². The molecule has 0 aliphatic rings. The SMILES string of the molecule is C=C(C)N(C)CC(C)=C(C)C. The van der Waals surface area contributed by atoms with Crippen LogP contribution in [0, 0.1) is 0 Å². The van der Waals surface area contributed by atoms with Crippen LogP contribution in [0.1, 0.15) is 27.7 Å². The maximum absolute atomic E-state index is 3.87. The van der Waals surface area contributed by atoms with Crippen molar-refractivity contribution in [3.8, 4) is 0 Å². The van der Waals surface area contributed by atoms with Gasteiger partial charge in [0.15, 0.2) is 0 Å². The van der Waals surface area contributed by atoms with Crippen LogP contribution in [0.15, 0.2) is 23.4 Å². The molecule has 0 aromatic heterocycles. The Balaban J connectivity index is 4.06.